The van der Waals surface area contributed by atoms with Crippen molar-refractivity contribution >= 4 is 15.8 Å². The molecule has 3 rings (SSSR count). The number of carbonyl (C=O) groups is 1. The van der Waals surface area contributed by atoms with Gasteiger partial charge in [-0.3, -0.25) is 4.79 Å². The Morgan fingerprint density at radius 2 is 1.73 bits per heavy atom. The molecule has 0 saturated carbocycles. The van der Waals surface area contributed by atoms with Gasteiger partial charge in [0.25, 0.3) is 0 Å². The first kappa shape index (κ1) is 17.9. The number of hydrogen-bond donors (Lipinski definition) is 1. The van der Waals surface area contributed by atoms with Gasteiger partial charge < -0.3 is 5.11 Å². The maximum Gasteiger partial charge on any atom is 0.303 e. The van der Waals surface area contributed by atoms with E-state index in [4.69, 9.17) is 5.11 Å². The summed E-state index contributed by atoms with van der Waals surface area (Å²) >= 11 is 0. The van der Waals surface area contributed by atoms with E-state index in [9.17, 15) is 13.2 Å². The number of aromatic nitrogens is 2. The molecule has 0 aliphatic heterocycles. The summed E-state index contributed by atoms with van der Waals surface area (Å²) in [6.45, 7) is 0. The normalized spacial score (nSPS) is 11.4. The first-order valence-corrected chi connectivity index (χ1v) is 9.90. The molecule has 134 valence electrons. The molecule has 26 heavy (non-hydrogen) atoms. The minimum atomic E-state index is -3.26. The average Bonchev–Trinajstić information content (AvgIpc) is 3.04. The van der Waals surface area contributed by atoms with E-state index < -0.39 is 15.8 Å². The Bertz CT molecular complexity index is 1020. The lowest BCUT2D eigenvalue weighted by atomic mass is 10.0. The van der Waals surface area contributed by atoms with Crippen LogP contribution >= 0.6 is 0 Å². The summed E-state index contributed by atoms with van der Waals surface area (Å²) in [5, 5.41) is 13.6. The molecular formula is C19H18N2O4S. The number of aliphatic carboxylic acids is 1. The molecule has 3 aromatic rings. The molecule has 1 N–H and O–H groups in total. The smallest absolute Gasteiger partial charge is 0.303 e. The number of sulfone groups is 1. The van der Waals surface area contributed by atoms with Crippen LogP contribution in [0.15, 0.2) is 65.7 Å². The zero-order valence-electron chi connectivity index (χ0n) is 14.2. The third-order valence-corrected chi connectivity index (χ3v) is 5.10. The number of carboxylic acid groups (broad SMARTS) is 1. The van der Waals surface area contributed by atoms with Gasteiger partial charge in [0, 0.05) is 24.4 Å². The maximum atomic E-state index is 11.6. The summed E-state index contributed by atoms with van der Waals surface area (Å²) in [4.78, 5) is 11.2. The number of aryl methyl sites for hydroxylation is 1. The lowest BCUT2D eigenvalue weighted by Crippen LogP contribution is -1.99. The third kappa shape index (κ3) is 4.00. The van der Waals surface area contributed by atoms with Crippen molar-refractivity contribution in [2.75, 3.05) is 6.26 Å². The van der Waals surface area contributed by atoms with E-state index in [2.05, 4.69) is 5.10 Å². The predicted molar refractivity (Wildman–Crippen MR) is 98.1 cm³/mol. The molecule has 0 fully saturated rings. The highest BCUT2D eigenvalue weighted by atomic mass is 32.2. The van der Waals surface area contributed by atoms with Crippen molar-refractivity contribution in [3.63, 3.8) is 0 Å². The molecule has 0 amide bonds. The van der Waals surface area contributed by atoms with Gasteiger partial charge in [0.1, 0.15) is 0 Å². The van der Waals surface area contributed by atoms with Crippen LogP contribution in [0.2, 0.25) is 0 Å². The van der Waals surface area contributed by atoms with E-state index in [1.54, 1.807) is 23.0 Å². The van der Waals surface area contributed by atoms with Crippen LogP contribution < -0.4 is 0 Å². The highest BCUT2D eigenvalue weighted by Gasteiger charge is 2.14. The van der Waals surface area contributed by atoms with Crippen LogP contribution in [0, 0.1) is 0 Å². The Kier molecular flexibility index (Phi) is 4.90. The fourth-order valence-corrected chi connectivity index (χ4v) is 3.28. The quantitative estimate of drug-likeness (QED) is 0.720. The van der Waals surface area contributed by atoms with Crippen molar-refractivity contribution in [3.8, 4) is 16.9 Å². The maximum absolute atomic E-state index is 11.6. The van der Waals surface area contributed by atoms with Crippen molar-refractivity contribution in [1.82, 2.24) is 9.78 Å². The number of nitrogens with zero attached hydrogens (tertiary/aromatic N) is 2. The monoisotopic (exact) mass is 370 g/mol. The Balaban J connectivity index is 2.01. The van der Waals surface area contributed by atoms with Crippen molar-refractivity contribution in [1.29, 1.82) is 0 Å². The summed E-state index contributed by atoms with van der Waals surface area (Å²) in [6, 6.07) is 16.0. The molecule has 0 atom stereocenters. The summed E-state index contributed by atoms with van der Waals surface area (Å²) in [5.41, 5.74) is 3.15. The van der Waals surface area contributed by atoms with Crippen LogP contribution in [0.1, 0.15) is 12.0 Å². The number of rotatable bonds is 6. The summed E-state index contributed by atoms with van der Waals surface area (Å²) in [5.74, 6) is -0.866. The topological polar surface area (TPSA) is 89.3 Å². The largest absolute Gasteiger partial charge is 0.481 e. The van der Waals surface area contributed by atoms with Crippen molar-refractivity contribution in [3.05, 3.63) is 66.4 Å². The van der Waals surface area contributed by atoms with Gasteiger partial charge >= 0.3 is 5.97 Å². The summed E-state index contributed by atoms with van der Waals surface area (Å²) < 4.78 is 24.8. The Hall–Kier alpha value is -2.93. The van der Waals surface area contributed by atoms with Crippen LogP contribution in [0.25, 0.3) is 16.9 Å². The van der Waals surface area contributed by atoms with Gasteiger partial charge in [-0.05, 0) is 36.2 Å². The van der Waals surface area contributed by atoms with Gasteiger partial charge in [0.15, 0.2) is 9.84 Å². The second-order valence-electron chi connectivity index (χ2n) is 5.97. The number of hydrogen-bond acceptors (Lipinski definition) is 4. The molecule has 2 aromatic carbocycles. The van der Waals surface area contributed by atoms with Gasteiger partial charge in [-0.15, -0.1) is 0 Å². The lowest BCUT2D eigenvalue weighted by Gasteiger charge is -2.03. The third-order valence-electron chi connectivity index (χ3n) is 3.97. The molecular weight excluding hydrogens is 352 g/mol. The van der Waals surface area contributed by atoms with Crippen LogP contribution in [-0.2, 0) is 21.1 Å². The van der Waals surface area contributed by atoms with Crippen LogP contribution in [0.4, 0.5) is 0 Å². The molecule has 0 aliphatic carbocycles. The molecule has 6 nitrogen and oxygen atoms in total. The van der Waals surface area contributed by atoms with Gasteiger partial charge in [0.2, 0.25) is 0 Å². The van der Waals surface area contributed by atoms with E-state index in [0.717, 1.165) is 23.1 Å². The minimum Gasteiger partial charge on any atom is -0.481 e. The molecule has 0 radical (unpaired) electrons. The second-order valence-corrected chi connectivity index (χ2v) is 7.99. The SMILES string of the molecule is CS(=O)(=O)c1ccc(-n2cc(CCC(=O)O)c(-c3ccccc3)n2)cc1. The van der Waals surface area contributed by atoms with E-state index in [1.807, 2.05) is 30.3 Å². The Labute approximate surface area is 151 Å². The average molecular weight is 370 g/mol. The standard InChI is InChI=1S/C19H18N2O4S/c1-26(24,25)17-10-8-16(9-11-17)21-13-15(7-12-18(22)23)19(20-21)14-5-3-2-4-6-14/h2-6,8-11,13H,7,12H2,1H3,(H,22,23). The van der Waals surface area contributed by atoms with Crippen LogP contribution in [0.5, 0.6) is 0 Å². The van der Waals surface area contributed by atoms with Crippen molar-refractivity contribution in [2.24, 2.45) is 0 Å². The van der Waals surface area contributed by atoms with E-state index >= 15 is 0 Å². The van der Waals surface area contributed by atoms with Crippen LogP contribution in [-0.4, -0.2) is 35.5 Å². The zero-order chi connectivity index (χ0) is 18.7. The minimum absolute atomic E-state index is 0.0124. The molecule has 7 heteroatoms. The van der Waals surface area contributed by atoms with Gasteiger partial charge in [0.05, 0.1) is 16.3 Å². The van der Waals surface area contributed by atoms with Crippen molar-refractivity contribution < 1.29 is 18.3 Å². The first-order chi connectivity index (χ1) is 12.3. The summed E-state index contributed by atoms with van der Waals surface area (Å²) in [6.07, 6.45) is 3.33. The fraction of sp³-hybridized carbons (Fsp3) is 0.158. The Morgan fingerprint density at radius 3 is 2.31 bits per heavy atom. The predicted octanol–water partition coefficient (Wildman–Crippen LogP) is 2.96. The summed E-state index contributed by atoms with van der Waals surface area (Å²) in [7, 11) is -3.26. The molecule has 0 spiro atoms. The van der Waals surface area contributed by atoms with Gasteiger partial charge in [-0.2, -0.15) is 5.10 Å². The number of benzene rings is 2. The molecule has 0 saturated heterocycles. The highest BCUT2D eigenvalue weighted by Crippen LogP contribution is 2.25. The fourth-order valence-electron chi connectivity index (χ4n) is 2.65. The molecule has 0 aliphatic rings. The first-order valence-electron chi connectivity index (χ1n) is 8.01. The molecule has 0 unspecified atom stereocenters. The van der Waals surface area contributed by atoms with Crippen LogP contribution in [0.3, 0.4) is 0 Å². The van der Waals surface area contributed by atoms with E-state index in [0.29, 0.717) is 12.1 Å². The number of carboxylic acids is 1. The highest BCUT2D eigenvalue weighted by molar-refractivity contribution is 7.90. The zero-order valence-corrected chi connectivity index (χ0v) is 15.0. The molecule has 1 heterocycles. The Morgan fingerprint density at radius 1 is 1.08 bits per heavy atom. The lowest BCUT2D eigenvalue weighted by molar-refractivity contribution is -0.136. The van der Waals surface area contributed by atoms with Gasteiger partial charge in [-0.1, -0.05) is 30.3 Å². The van der Waals surface area contributed by atoms with E-state index in [1.165, 1.54) is 12.1 Å². The second kappa shape index (κ2) is 7.13. The molecule has 1 aromatic heterocycles. The van der Waals surface area contributed by atoms with Crippen molar-refractivity contribution in [2.45, 2.75) is 17.7 Å². The van der Waals surface area contributed by atoms with E-state index in [-0.39, 0.29) is 11.3 Å². The molecule has 0 bridgehead atoms. The van der Waals surface area contributed by atoms with Gasteiger partial charge in [-0.25, -0.2) is 13.1 Å².